The van der Waals surface area contributed by atoms with Gasteiger partial charge in [-0.2, -0.15) is 26.3 Å². The summed E-state index contributed by atoms with van der Waals surface area (Å²) in [6.07, 6.45) is -7.02. The largest absolute Gasteiger partial charge is 0.416 e. The van der Waals surface area contributed by atoms with Crippen LogP contribution in [0.15, 0.2) is 103 Å². The van der Waals surface area contributed by atoms with Gasteiger partial charge in [0.1, 0.15) is 0 Å². The molecule has 36 heavy (non-hydrogen) atoms. The first-order chi connectivity index (χ1) is 17.1. The van der Waals surface area contributed by atoms with E-state index in [1.165, 1.54) is 24.3 Å². The molecule has 0 amide bonds. The van der Waals surface area contributed by atoms with Gasteiger partial charge in [-0.25, -0.2) is 0 Å². The predicted octanol–water partition coefficient (Wildman–Crippen LogP) is 9.24. The third-order valence-corrected chi connectivity index (χ3v) is 6.14. The number of fused-ring (bicyclic) bond motifs is 1. The van der Waals surface area contributed by atoms with Crippen LogP contribution in [0.4, 0.5) is 26.3 Å². The van der Waals surface area contributed by atoms with Gasteiger partial charge in [-0.3, -0.25) is 0 Å². The number of hydrogen-bond acceptors (Lipinski definition) is 0. The van der Waals surface area contributed by atoms with Crippen molar-refractivity contribution in [3.05, 3.63) is 142 Å². The Bertz CT molecular complexity index is 1450. The van der Waals surface area contributed by atoms with Gasteiger partial charge in [-0.05, 0) is 74.9 Å². The van der Waals surface area contributed by atoms with Gasteiger partial charge < -0.3 is 0 Å². The van der Waals surface area contributed by atoms with Gasteiger partial charge in [0.25, 0.3) is 0 Å². The Morgan fingerprint density at radius 2 is 1.00 bits per heavy atom. The van der Waals surface area contributed by atoms with Crippen LogP contribution in [0.3, 0.4) is 0 Å². The van der Waals surface area contributed by atoms with E-state index >= 15 is 0 Å². The topological polar surface area (TPSA) is 0 Å². The molecule has 0 N–H and O–H groups in total. The highest BCUT2D eigenvalue weighted by Gasteiger charge is 2.32. The van der Waals surface area contributed by atoms with E-state index in [9.17, 15) is 26.3 Å². The lowest BCUT2D eigenvalue weighted by Crippen LogP contribution is -2.05. The molecule has 0 bridgehead atoms. The van der Waals surface area contributed by atoms with Crippen LogP contribution in [0.5, 0.6) is 0 Å². The molecule has 0 nitrogen and oxygen atoms in total. The Morgan fingerprint density at radius 3 is 1.58 bits per heavy atom. The average molecular weight is 492 g/mol. The van der Waals surface area contributed by atoms with Gasteiger partial charge in [-0.1, -0.05) is 78.9 Å². The molecule has 0 unspecified atom stereocenters. The molecule has 0 saturated carbocycles. The van der Waals surface area contributed by atoms with E-state index in [1.807, 2.05) is 60.7 Å². The molecule has 0 spiro atoms. The van der Waals surface area contributed by atoms with E-state index in [0.29, 0.717) is 22.3 Å². The normalized spacial score (nSPS) is 14.9. The summed E-state index contributed by atoms with van der Waals surface area (Å²) in [6, 6.07) is 26.7. The fourth-order valence-electron chi connectivity index (χ4n) is 4.45. The van der Waals surface area contributed by atoms with E-state index in [2.05, 4.69) is 0 Å². The summed E-state index contributed by atoms with van der Waals surface area (Å²) >= 11 is 0. The third-order valence-electron chi connectivity index (χ3n) is 6.14. The van der Waals surface area contributed by atoms with Gasteiger partial charge in [0, 0.05) is 0 Å². The molecule has 1 aliphatic carbocycles. The zero-order valence-electron chi connectivity index (χ0n) is 18.7. The second kappa shape index (κ2) is 8.86. The summed E-state index contributed by atoms with van der Waals surface area (Å²) in [5.74, 6) is 0. The fraction of sp³-hybridized carbons (Fsp3) is 0.0667. The van der Waals surface area contributed by atoms with Crippen molar-refractivity contribution in [3.8, 4) is 0 Å². The van der Waals surface area contributed by atoms with Gasteiger partial charge in [0.15, 0.2) is 0 Å². The molecule has 0 aromatic heterocycles. The van der Waals surface area contributed by atoms with Gasteiger partial charge in [-0.15, -0.1) is 0 Å². The van der Waals surface area contributed by atoms with Crippen LogP contribution in [0.2, 0.25) is 0 Å². The number of benzene rings is 4. The molecular formula is C30H18F6. The molecule has 4 aromatic rings. The number of halogens is 6. The molecule has 0 fully saturated rings. The van der Waals surface area contributed by atoms with Crippen molar-refractivity contribution in [2.24, 2.45) is 0 Å². The first-order valence-corrected chi connectivity index (χ1v) is 11.1. The molecular weight excluding hydrogens is 474 g/mol. The van der Waals surface area contributed by atoms with Crippen molar-refractivity contribution < 1.29 is 26.3 Å². The van der Waals surface area contributed by atoms with E-state index in [1.54, 1.807) is 0 Å². The maximum atomic E-state index is 13.2. The first kappa shape index (κ1) is 23.7. The number of allylic oxidation sites excluding steroid dienone is 2. The minimum absolute atomic E-state index is 0.568. The van der Waals surface area contributed by atoms with Crippen molar-refractivity contribution in [2.45, 2.75) is 12.4 Å². The van der Waals surface area contributed by atoms with E-state index in [-0.39, 0.29) is 0 Å². The van der Waals surface area contributed by atoms with Crippen molar-refractivity contribution in [3.63, 3.8) is 0 Å². The summed E-state index contributed by atoms with van der Waals surface area (Å²) in [6.45, 7) is 0. The highest BCUT2D eigenvalue weighted by Crippen LogP contribution is 2.47. The van der Waals surface area contributed by atoms with E-state index < -0.39 is 23.5 Å². The van der Waals surface area contributed by atoms with Crippen LogP contribution in [-0.2, 0) is 12.4 Å². The number of alkyl halides is 6. The maximum absolute atomic E-state index is 13.2. The average Bonchev–Trinajstić information content (AvgIpc) is 3.24. The Balaban J connectivity index is 1.76. The minimum atomic E-state index is -4.47. The highest BCUT2D eigenvalue weighted by molar-refractivity contribution is 6.25. The molecule has 5 rings (SSSR count). The van der Waals surface area contributed by atoms with E-state index in [4.69, 9.17) is 0 Å². The molecule has 180 valence electrons. The van der Waals surface area contributed by atoms with Crippen LogP contribution in [0, 0.1) is 0 Å². The second-order valence-electron chi connectivity index (χ2n) is 8.41. The molecule has 0 heterocycles. The number of rotatable bonds is 3. The molecule has 0 radical (unpaired) electrons. The first-order valence-electron chi connectivity index (χ1n) is 11.1. The lowest BCUT2D eigenvalue weighted by atomic mass is 9.85. The summed E-state index contributed by atoms with van der Waals surface area (Å²) < 4.78 is 79.2. The van der Waals surface area contributed by atoms with Gasteiger partial charge >= 0.3 is 12.4 Å². The highest BCUT2D eigenvalue weighted by atomic mass is 19.4. The minimum Gasteiger partial charge on any atom is -0.166 e. The predicted molar refractivity (Wildman–Crippen MR) is 130 cm³/mol. The Kier molecular flexibility index (Phi) is 5.83. The summed E-state index contributed by atoms with van der Waals surface area (Å²) in [5.41, 5.74) is 4.29. The van der Waals surface area contributed by atoms with Crippen LogP contribution in [0.1, 0.15) is 38.9 Å². The Morgan fingerprint density at radius 1 is 0.500 bits per heavy atom. The number of hydrogen-bond donors (Lipinski definition) is 0. The fourth-order valence-corrected chi connectivity index (χ4v) is 4.45. The Hall–Kier alpha value is -4.06. The SMILES string of the molecule is FC(F)(F)c1ccc(C2=Cc3ccccc3/C2=C(/c2ccccc2)c2ccc(C(F)(F)F)cc2)cc1. The quantitative estimate of drug-likeness (QED) is 0.250. The molecule has 1 aliphatic rings. The summed E-state index contributed by atoms with van der Waals surface area (Å²) in [5, 5.41) is 0. The Labute approximate surface area is 203 Å². The molecule has 0 aliphatic heterocycles. The zero-order chi connectivity index (χ0) is 25.5. The van der Waals surface area contributed by atoms with Crippen LogP contribution in [-0.4, -0.2) is 0 Å². The summed E-state index contributed by atoms with van der Waals surface area (Å²) in [4.78, 5) is 0. The smallest absolute Gasteiger partial charge is 0.166 e. The maximum Gasteiger partial charge on any atom is 0.416 e. The van der Waals surface area contributed by atoms with Gasteiger partial charge in [0.2, 0.25) is 0 Å². The van der Waals surface area contributed by atoms with E-state index in [0.717, 1.165) is 46.5 Å². The monoisotopic (exact) mass is 492 g/mol. The van der Waals surface area contributed by atoms with Crippen molar-refractivity contribution in [2.75, 3.05) is 0 Å². The second-order valence-corrected chi connectivity index (χ2v) is 8.41. The zero-order valence-corrected chi connectivity index (χ0v) is 18.7. The lowest BCUT2D eigenvalue weighted by Gasteiger charge is -2.18. The van der Waals surface area contributed by atoms with Crippen LogP contribution < -0.4 is 0 Å². The van der Waals surface area contributed by atoms with Crippen LogP contribution in [0.25, 0.3) is 22.8 Å². The standard InChI is InChI=1S/C30H18F6/c31-29(32,33)23-14-10-19(11-15-23)26-18-22-8-4-5-9-25(22)28(26)27(20-6-2-1-3-7-20)21-12-16-24(17-13-21)30(34,35)36/h1-18H/b28-27+. The molecule has 6 heteroatoms. The third kappa shape index (κ3) is 4.47. The molecule has 0 saturated heterocycles. The molecule has 0 atom stereocenters. The van der Waals surface area contributed by atoms with Crippen LogP contribution >= 0.6 is 0 Å². The molecule has 4 aromatic carbocycles. The van der Waals surface area contributed by atoms with Crippen molar-refractivity contribution in [1.82, 2.24) is 0 Å². The van der Waals surface area contributed by atoms with Crippen molar-refractivity contribution in [1.29, 1.82) is 0 Å². The lowest BCUT2D eigenvalue weighted by molar-refractivity contribution is -0.138. The van der Waals surface area contributed by atoms with Crippen molar-refractivity contribution >= 4 is 22.8 Å². The van der Waals surface area contributed by atoms with Gasteiger partial charge in [0.05, 0.1) is 11.1 Å². The summed E-state index contributed by atoms with van der Waals surface area (Å²) in [7, 11) is 0.